The summed E-state index contributed by atoms with van der Waals surface area (Å²) < 4.78 is 1.64. The molecule has 1 N–H and O–H groups in total. The summed E-state index contributed by atoms with van der Waals surface area (Å²) in [6.45, 7) is 3.76. The second kappa shape index (κ2) is 7.28. The average Bonchev–Trinajstić information content (AvgIpc) is 3.12. The molecule has 0 amide bonds. The average molecular weight is 395 g/mol. The number of allylic oxidation sites excluding steroid dienone is 3. The summed E-state index contributed by atoms with van der Waals surface area (Å²) in [4.78, 5) is 12.7. The number of nitrogens with zero attached hydrogens (tertiary/aromatic N) is 2. The summed E-state index contributed by atoms with van der Waals surface area (Å²) in [7, 11) is 0. The molecule has 1 unspecified atom stereocenters. The summed E-state index contributed by atoms with van der Waals surface area (Å²) in [6, 6.07) is 5.10. The quantitative estimate of drug-likeness (QED) is 0.708. The molecule has 1 aliphatic rings. The van der Waals surface area contributed by atoms with Crippen LogP contribution in [0.2, 0.25) is 10.0 Å². The lowest BCUT2D eigenvalue weighted by Gasteiger charge is -2.15. The van der Waals surface area contributed by atoms with E-state index in [0.29, 0.717) is 21.3 Å². The summed E-state index contributed by atoms with van der Waals surface area (Å²) >= 11 is 14.0. The van der Waals surface area contributed by atoms with Crippen molar-refractivity contribution in [1.29, 1.82) is 0 Å². The summed E-state index contributed by atoms with van der Waals surface area (Å²) in [5.41, 5.74) is 2.17. The Morgan fingerprint density at radius 2 is 2.20 bits per heavy atom. The van der Waals surface area contributed by atoms with E-state index in [4.69, 9.17) is 23.2 Å². The van der Waals surface area contributed by atoms with Gasteiger partial charge in [-0.2, -0.15) is 5.10 Å². The molecule has 0 spiro atoms. The van der Waals surface area contributed by atoms with Gasteiger partial charge in [-0.25, -0.2) is 9.48 Å². The normalized spacial score (nSPS) is 17.3. The molecule has 130 valence electrons. The summed E-state index contributed by atoms with van der Waals surface area (Å²) in [5, 5.41) is 14.8. The van der Waals surface area contributed by atoms with Crippen LogP contribution in [0.1, 0.15) is 40.3 Å². The molecular weight excluding hydrogens is 379 g/mol. The van der Waals surface area contributed by atoms with Gasteiger partial charge in [-0.3, -0.25) is 0 Å². The minimum absolute atomic E-state index is 0.0427. The Bertz CT molecular complexity index is 903. The van der Waals surface area contributed by atoms with Gasteiger partial charge in [0, 0.05) is 15.5 Å². The van der Waals surface area contributed by atoms with Crippen molar-refractivity contribution in [2.24, 2.45) is 0 Å². The van der Waals surface area contributed by atoms with E-state index in [1.54, 1.807) is 41.6 Å². The van der Waals surface area contributed by atoms with Crippen LogP contribution in [0.5, 0.6) is 0 Å². The highest BCUT2D eigenvalue weighted by atomic mass is 35.5. The van der Waals surface area contributed by atoms with Crippen molar-refractivity contribution in [3.05, 3.63) is 68.3 Å². The Hall–Kier alpha value is -1.69. The largest absolute Gasteiger partial charge is 0.476 e. The highest BCUT2D eigenvalue weighted by Crippen LogP contribution is 2.46. The second-order valence-corrected chi connectivity index (χ2v) is 7.74. The fraction of sp³-hybridized carbons (Fsp3) is 0.222. The third-order valence-corrected chi connectivity index (χ3v) is 5.77. The van der Waals surface area contributed by atoms with Crippen LogP contribution < -0.4 is 0 Å². The van der Waals surface area contributed by atoms with E-state index < -0.39 is 5.97 Å². The van der Waals surface area contributed by atoms with Crippen molar-refractivity contribution in [3.63, 3.8) is 0 Å². The molecule has 3 rings (SSSR count). The van der Waals surface area contributed by atoms with Crippen LogP contribution in [-0.4, -0.2) is 20.9 Å². The lowest BCUT2D eigenvalue weighted by molar-refractivity contribution is 0.0689. The van der Waals surface area contributed by atoms with Gasteiger partial charge in [-0.05, 0) is 38.5 Å². The van der Waals surface area contributed by atoms with Crippen molar-refractivity contribution >= 4 is 40.9 Å². The maximum atomic E-state index is 11.6. The number of halogens is 2. The minimum Gasteiger partial charge on any atom is -0.476 e. The lowest BCUT2D eigenvalue weighted by Crippen LogP contribution is -2.06. The Kier molecular flexibility index (Phi) is 5.27. The fourth-order valence-electron chi connectivity index (χ4n) is 2.85. The topological polar surface area (TPSA) is 55.1 Å². The van der Waals surface area contributed by atoms with Gasteiger partial charge in [0.2, 0.25) is 0 Å². The zero-order valence-electron chi connectivity index (χ0n) is 13.7. The van der Waals surface area contributed by atoms with Gasteiger partial charge >= 0.3 is 5.97 Å². The van der Waals surface area contributed by atoms with Gasteiger partial charge in [0.1, 0.15) is 0 Å². The molecule has 0 saturated heterocycles. The van der Waals surface area contributed by atoms with Gasteiger partial charge in [-0.15, -0.1) is 11.8 Å². The third kappa shape index (κ3) is 3.50. The first-order valence-corrected chi connectivity index (χ1v) is 9.33. The maximum absolute atomic E-state index is 11.6. The Labute approximate surface area is 160 Å². The van der Waals surface area contributed by atoms with Gasteiger partial charge < -0.3 is 5.11 Å². The molecule has 1 aromatic heterocycles. The number of rotatable bonds is 4. The highest BCUT2D eigenvalue weighted by molar-refractivity contribution is 8.03. The van der Waals surface area contributed by atoms with Gasteiger partial charge in [0.15, 0.2) is 5.69 Å². The van der Waals surface area contributed by atoms with Crippen LogP contribution in [0.3, 0.4) is 0 Å². The molecule has 25 heavy (non-hydrogen) atoms. The van der Waals surface area contributed by atoms with Crippen LogP contribution in [0.15, 0.2) is 41.3 Å². The van der Waals surface area contributed by atoms with E-state index in [1.165, 1.54) is 4.91 Å². The molecule has 2 aromatic rings. The maximum Gasteiger partial charge on any atom is 0.356 e. The van der Waals surface area contributed by atoms with Gasteiger partial charge in [0.25, 0.3) is 0 Å². The van der Waals surface area contributed by atoms with E-state index in [1.807, 2.05) is 19.1 Å². The van der Waals surface area contributed by atoms with Crippen LogP contribution in [0, 0.1) is 6.92 Å². The monoisotopic (exact) mass is 394 g/mol. The molecular formula is C18H16Cl2N2O2S. The zero-order valence-corrected chi connectivity index (χ0v) is 16.0. The minimum atomic E-state index is -1.05. The smallest absolute Gasteiger partial charge is 0.356 e. The van der Waals surface area contributed by atoms with E-state index >= 15 is 0 Å². The van der Waals surface area contributed by atoms with Gasteiger partial charge in [0.05, 0.1) is 21.7 Å². The first-order chi connectivity index (χ1) is 11.9. The molecule has 4 nitrogen and oxygen atoms in total. The highest BCUT2D eigenvalue weighted by Gasteiger charge is 2.29. The van der Waals surface area contributed by atoms with Crippen molar-refractivity contribution in [2.75, 3.05) is 0 Å². The van der Waals surface area contributed by atoms with Crippen molar-refractivity contribution < 1.29 is 9.90 Å². The second-order valence-electron chi connectivity index (χ2n) is 5.62. The number of carbonyl (C=O) groups is 1. The van der Waals surface area contributed by atoms with E-state index in [-0.39, 0.29) is 10.9 Å². The molecule has 0 fully saturated rings. The molecule has 1 aliphatic heterocycles. The molecule has 1 aromatic carbocycles. The molecule has 1 atom stereocenters. The number of carboxylic acids is 1. The Balaban J connectivity index is 2.12. The number of carboxylic acid groups (broad SMARTS) is 1. The molecule has 0 radical (unpaired) electrons. The number of hydrogen-bond acceptors (Lipinski definition) is 3. The number of aromatic nitrogens is 2. The zero-order chi connectivity index (χ0) is 18.1. The number of hydrogen-bond donors (Lipinski definition) is 1. The number of benzene rings is 1. The summed E-state index contributed by atoms with van der Waals surface area (Å²) in [6.07, 6.45) is 7.00. The van der Waals surface area contributed by atoms with E-state index in [2.05, 4.69) is 11.2 Å². The molecule has 7 heteroatoms. The van der Waals surface area contributed by atoms with Gasteiger partial charge in [-0.1, -0.05) is 41.4 Å². The van der Waals surface area contributed by atoms with E-state index in [0.717, 1.165) is 12.1 Å². The van der Waals surface area contributed by atoms with Crippen molar-refractivity contribution in [2.45, 2.75) is 25.5 Å². The third-order valence-electron chi connectivity index (χ3n) is 3.96. The predicted molar refractivity (Wildman–Crippen MR) is 103 cm³/mol. The SMILES string of the molecule is C/C=C/C1=CCC(c2c(C)c(C(=O)O)nn2-c2ccc(Cl)cc2Cl)S1. The predicted octanol–water partition coefficient (Wildman–Crippen LogP) is 5.82. The lowest BCUT2D eigenvalue weighted by atomic mass is 10.1. The fourth-order valence-corrected chi connectivity index (χ4v) is 4.65. The Morgan fingerprint density at radius 3 is 2.84 bits per heavy atom. The van der Waals surface area contributed by atoms with Crippen LogP contribution in [-0.2, 0) is 0 Å². The first-order valence-electron chi connectivity index (χ1n) is 7.70. The van der Waals surface area contributed by atoms with E-state index in [9.17, 15) is 9.90 Å². The standard InChI is InChI=1S/C18H16Cl2N2O2S/c1-3-4-12-6-8-15(25-12)17-10(2)16(18(23)24)21-22(17)14-7-5-11(19)9-13(14)20/h3-7,9,15H,8H2,1-2H3,(H,23,24)/b4-3+. The number of thioether (sulfide) groups is 1. The molecule has 0 bridgehead atoms. The molecule has 2 heterocycles. The van der Waals surface area contributed by atoms with Crippen LogP contribution in [0.4, 0.5) is 0 Å². The summed E-state index contributed by atoms with van der Waals surface area (Å²) in [5.74, 6) is -1.05. The first kappa shape index (κ1) is 18.1. The number of aromatic carboxylic acids is 1. The Morgan fingerprint density at radius 1 is 1.44 bits per heavy atom. The van der Waals surface area contributed by atoms with Crippen molar-refractivity contribution in [3.8, 4) is 5.69 Å². The molecule has 0 aliphatic carbocycles. The van der Waals surface area contributed by atoms with Crippen LogP contribution >= 0.6 is 35.0 Å². The molecule has 0 saturated carbocycles. The van der Waals surface area contributed by atoms with Crippen LogP contribution in [0.25, 0.3) is 5.69 Å². The van der Waals surface area contributed by atoms with Crippen molar-refractivity contribution in [1.82, 2.24) is 9.78 Å².